The first kappa shape index (κ1) is 13.1. The topological polar surface area (TPSA) is 69.6 Å². The summed E-state index contributed by atoms with van der Waals surface area (Å²) in [6, 6.07) is 5.97. The molecule has 0 spiro atoms. The van der Waals surface area contributed by atoms with Crippen molar-refractivity contribution in [3.8, 4) is 0 Å². The van der Waals surface area contributed by atoms with E-state index in [4.69, 9.17) is 5.11 Å². The maximum atomic E-state index is 12.0. The second-order valence-electron chi connectivity index (χ2n) is 4.57. The molecule has 0 aliphatic carbocycles. The van der Waals surface area contributed by atoms with E-state index in [1.807, 2.05) is 6.92 Å². The highest BCUT2D eigenvalue weighted by Crippen LogP contribution is 2.13. The third-order valence-electron chi connectivity index (χ3n) is 3.00. The summed E-state index contributed by atoms with van der Waals surface area (Å²) < 4.78 is 0. The molecule has 2 rings (SSSR count). The highest BCUT2D eigenvalue weighted by molar-refractivity contribution is 5.91. The molecule has 0 aromatic heterocycles. The van der Waals surface area contributed by atoms with Crippen LogP contribution in [-0.2, 0) is 0 Å². The van der Waals surface area contributed by atoms with Crippen molar-refractivity contribution in [1.29, 1.82) is 0 Å². The number of carbonyl (C=O) groups excluding carboxylic acids is 1. The van der Waals surface area contributed by atoms with Crippen LogP contribution in [0.5, 0.6) is 0 Å². The van der Waals surface area contributed by atoms with Crippen molar-refractivity contribution in [2.24, 2.45) is 0 Å². The van der Waals surface area contributed by atoms with Gasteiger partial charge >= 0.3 is 12.0 Å². The standard InChI is InChI=1S/C14H16N2O3/c1-10-3-2-8-16(9-10)14(19)15-12-6-4-11(5-7-12)13(17)18/h3-7H,2,8-9H2,1H3,(H,15,19)(H,17,18). The van der Waals surface area contributed by atoms with Gasteiger partial charge in [0.25, 0.3) is 0 Å². The number of urea groups is 1. The molecular formula is C14H16N2O3. The Balaban J connectivity index is 1.99. The van der Waals surface area contributed by atoms with Gasteiger partial charge in [-0.1, -0.05) is 11.6 Å². The Morgan fingerprint density at radius 1 is 1.26 bits per heavy atom. The Labute approximate surface area is 111 Å². The Hall–Kier alpha value is -2.30. The van der Waals surface area contributed by atoms with Gasteiger partial charge in [-0.2, -0.15) is 0 Å². The van der Waals surface area contributed by atoms with Crippen molar-refractivity contribution in [1.82, 2.24) is 4.90 Å². The van der Waals surface area contributed by atoms with Gasteiger partial charge in [-0.25, -0.2) is 9.59 Å². The van der Waals surface area contributed by atoms with Crippen LogP contribution in [-0.4, -0.2) is 35.1 Å². The first-order chi connectivity index (χ1) is 9.06. The fourth-order valence-corrected chi connectivity index (χ4v) is 1.98. The Morgan fingerprint density at radius 3 is 2.53 bits per heavy atom. The quantitative estimate of drug-likeness (QED) is 0.803. The molecule has 19 heavy (non-hydrogen) atoms. The van der Waals surface area contributed by atoms with E-state index < -0.39 is 5.97 Å². The number of carboxylic acid groups (broad SMARTS) is 1. The van der Waals surface area contributed by atoms with E-state index in [0.29, 0.717) is 18.8 Å². The maximum Gasteiger partial charge on any atom is 0.335 e. The summed E-state index contributed by atoms with van der Waals surface area (Å²) in [6.07, 6.45) is 3.00. The molecule has 1 aromatic carbocycles. The van der Waals surface area contributed by atoms with Crippen LogP contribution in [0.15, 0.2) is 35.9 Å². The molecule has 5 heteroatoms. The lowest BCUT2D eigenvalue weighted by molar-refractivity contribution is 0.0697. The van der Waals surface area contributed by atoms with Crippen LogP contribution in [0, 0.1) is 0 Å². The second-order valence-corrected chi connectivity index (χ2v) is 4.57. The third kappa shape index (κ3) is 3.34. The number of amides is 2. The van der Waals surface area contributed by atoms with Crippen LogP contribution in [0.2, 0.25) is 0 Å². The van der Waals surface area contributed by atoms with Crippen LogP contribution in [0.3, 0.4) is 0 Å². The highest BCUT2D eigenvalue weighted by atomic mass is 16.4. The molecule has 2 N–H and O–H groups in total. The summed E-state index contributed by atoms with van der Waals surface area (Å²) in [4.78, 5) is 24.5. The highest BCUT2D eigenvalue weighted by Gasteiger charge is 2.16. The molecule has 0 bridgehead atoms. The number of nitrogens with zero attached hydrogens (tertiary/aromatic N) is 1. The van der Waals surface area contributed by atoms with E-state index in [-0.39, 0.29) is 11.6 Å². The Morgan fingerprint density at radius 2 is 1.95 bits per heavy atom. The number of aromatic carboxylic acids is 1. The minimum Gasteiger partial charge on any atom is -0.478 e. The zero-order valence-electron chi connectivity index (χ0n) is 10.7. The molecule has 0 unspecified atom stereocenters. The van der Waals surface area contributed by atoms with Crippen molar-refractivity contribution in [2.45, 2.75) is 13.3 Å². The summed E-state index contributed by atoms with van der Waals surface area (Å²) >= 11 is 0. The van der Waals surface area contributed by atoms with E-state index in [2.05, 4.69) is 11.4 Å². The third-order valence-corrected chi connectivity index (χ3v) is 3.00. The lowest BCUT2D eigenvalue weighted by atomic mass is 10.1. The minimum atomic E-state index is -0.977. The van der Waals surface area contributed by atoms with Crippen molar-refractivity contribution in [2.75, 3.05) is 18.4 Å². The SMILES string of the molecule is CC1=CCCN(C(=O)Nc2ccc(C(=O)O)cc2)C1. The number of hydrogen-bond acceptors (Lipinski definition) is 2. The van der Waals surface area contributed by atoms with Crippen molar-refractivity contribution in [3.05, 3.63) is 41.5 Å². The van der Waals surface area contributed by atoms with Gasteiger partial charge in [0.1, 0.15) is 0 Å². The van der Waals surface area contributed by atoms with Crippen molar-refractivity contribution >= 4 is 17.7 Å². The van der Waals surface area contributed by atoms with Gasteiger partial charge in [-0.15, -0.1) is 0 Å². The molecule has 100 valence electrons. The molecule has 5 nitrogen and oxygen atoms in total. The molecule has 1 heterocycles. The van der Waals surface area contributed by atoms with E-state index in [1.165, 1.54) is 17.7 Å². The summed E-state index contributed by atoms with van der Waals surface area (Å²) in [7, 11) is 0. The Kier molecular flexibility index (Phi) is 3.85. The molecular weight excluding hydrogens is 244 g/mol. The fourth-order valence-electron chi connectivity index (χ4n) is 1.98. The smallest absolute Gasteiger partial charge is 0.335 e. The predicted octanol–water partition coefficient (Wildman–Crippen LogP) is 2.57. The van der Waals surface area contributed by atoms with Gasteiger partial charge in [-0.05, 0) is 37.6 Å². The maximum absolute atomic E-state index is 12.0. The molecule has 2 amide bonds. The zero-order valence-corrected chi connectivity index (χ0v) is 10.7. The lowest BCUT2D eigenvalue weighted by Gasteiger charge is -2.26. The molecule has 1 aliphatic rings. The van der Waals surface area contributed by atoms with E-state index in [0.717, 1.165) is 6.42 Å². The van der Waals surface area contributed by atoms with Crippen LogP contribution < -0.4 is 5.32 Å². The van der Waals surface area contributed by atoms with Gasteiger partial charge in [0.05, 0.1) is 5.56 Å². The second kappa shape index (κ2) is 5.56. The van der Waals surface area contributed by atoms with Crippen molar-refractivity contribution < 1.29 is 14.7 Å². The van der Waals surface area contributed by atoms with E-state index in [9.17, 15) is 9.59 Å². The molecule has 1 aromatic rings. The number of nitrogens with one attached hydrogen (secondary N) is 1. The number of benzene rings is 1. The van der Waals surface area contributed by atoms with Gasteiger partial charge in [0.2, 0.25) is 0 Å². The fraction of sp³-hybridized carbons (Fsp3) is 0.286. The minimum absolute atomic E-state index is 0.157. The zero-order chi connectivity index (χ0) is 13.8. The van der Waals surface area contributed by atoms with E-state index >= 15 is 0 Å². The molecule has 0 radical (unpaired) electrons. The van der Waals surface area contributed by atoms with Gasteiger partial charge in [0, 0.05) is 18.8 Å². The van der Waals surface area contributed by atoms with Gasteiger partial charge in [-0.3, -0.25) is 0 Å². The molecule has 1 aliphatic heterocycles. The van der Waals surface area contributed by atoms with Gasteiger partial charge in [0.15, 0.2) is 0 Å². The summed E-state index contributed by atoms with van der Waals surface area (Å²) in [5.41, 5.74) is 1.99. The van der Waals surface area contributed by atoms with Crippen LogP contribution in [0.4, 0.5) is 10.5 Å². The summed E-state index contributed by atoms with van der Waals surface area (Å²) in [5, 5.41) is 11.6. The van der Waals surface area contributed by atoms with Crippen LogP contribution in [0.1, 0.15) is 23.7 Å². The molecule has 0 fully saturated rings. The van der Waals surface area contributed by atoms with Crippen LogP contribution in [0.25, 0.3) is 0 Å². The normalized spacial score (nSPS) is 14.8. The number of anilines is 1. The monoisotopic (exact) mass is 260 g/mol. The number of rotatable bonds is 2. The van der Waals surface area contributed by atoms with Crippen molar-refractivity contribution in [3.63, 3.8) is 0 Å². The number of hydrogen-bond donors (Lipinski definition) is 2. The predicted molar refractivity (Wildman–Crippen MR) is 72.4 cm³/mol. The molecule has 0 saturated heterocycles. The lowest BCUT2D eigenvalue weighted by Crippen LogP contribution is -2.38. The molecule has 0 saturated carbocycles. The first-order valence-electron chi connectivity index (χ1n) is 6.11. The average molecular weight is 260 g/mol. The van der Waals surface area contributed by atoms with E-state index in [1.54, 1.807) is 17.0 Å². The van der Waals surface area contributed by atoms with Crippen LogP contribution >= 0.6 is 0 Å². The summed E-state index contributed by atoms with van der Waals surface area (Å²) in [5.74, 6) is -0.977. The van der Waals surface area contributed by atoms with Gasteiger partial charge < -0.3 is 15.3 Å². The summed E-state index contributed by atoms with van der Waals surface area (Å²) in [6.45, 7) is 3.34. The largest absolute Gasteiger partial charge is 0.478 e. The molecule has 0 atom stereocenters. The average Bonchev–Trinajstić information content (AvgIpc) is 2.39. The number of carbonyl (C=O) groups is 2. The Bertz CT molecular complexity index is 520. The first-order valence-corrected chi connectivity index (χ1v) is 6.11. The number of carboxylic acids is 1.